The molecule has 2 aromatic heterocycles. The molecule has 0 spiro atoms. The first-order valence-corrected chi connectivity index (χ1v) is 12.9. The summed E-state index contributed by atoms with van der Waals surface area (Å²) in [6.07, 6.45) is 1.63. The molecule has 0 bridgehead atoms. The van der Waals surface area contributed by atoms with Crippen LogP contribution in [-0.2, 0) is 27.8 Å². The number of thiazole rings is 1. The van der Waals surface area contributed by atoms with Crippen molar-refractivity contribution in [3.63, 3.8) is 0 Å². The summed E-state index contributed by atoms with van der Waals surface area (Å²) in [6, 6.07) is 11.2. The Bertz CT molecular complexity index is 1170. The average molecular weight is 479 g/mol. The zero-order valence-corrected chi connectivity index (χ0v) is 19.4. The summed E-state index contributed by atoms with van der Waals surface area (Å²) < 4.78 is 24.7. The molecule has 0 radical (unpaired) electrons. The van der Waals surface area contributed by atoms with Gasteiger partial charge in [0, 0.05) is 35.8 Å². The third-order valence-electron chi connectivity index (χ3n) is 4.14. The van der Waals surface area contributed by atoms with Crippen molar-refractivity contribution >= 4 is 49.6 Å². The maximum atomic E-state index is 12.5. The molecule has 8 nitrogen and oxygen atoms in total. The van der Waals surface area contributed by atoms with Gasteiger partial charge in [0.15, 0.2) is 5.13 Å². The number of hydrogen-bond donors (Lipinski definition) is 3. The lowest BCUT2D eigenvalue weighted by Crippen LogP contribution is -2.24. The Kier molecular flexibility index (Phi) is 7.55. The molecule has 0 fully saturated rings. The van der Waals surface area contributed by atoms with Crippen LogP contribution in [0.4, 0.5) is 5.13 Å². The Balaban J connectivity index is 1.57. The number of rotatable bonds is 9. The number of sulfonamides is 1. The summed E-state index contributed by atoms with van der Waals surface area (Å²) in [7, 11) is -3.22. The molecule has 164 valence electrons. The molecule has 3 rings (SSSR count). The van der Waals surface area contributed by atoms with Crippen molar-refractivity contribution in [2.45, 2.75) is 19.9 Å². The van der Waals surface area contributed by atoms with E-state index in [1.165, 1.54) is 29.6 Å². The Morgan fingerprint density at radius 1 is 1.10 bits per heavy atom. The van der Waals surface area contributed by atoms with Crippen molar-refractivity contribution in [1.29, 1.82) is 0 Å². The lowest BCUT2D eigenvalue weighted by atomic mass is 10.1. The van der Waals surface area contributed by atoms with Gasteiger partial charge in [0.2, 0.25) is 15.9 Å². The first-order chi connectivity index (χ1) is 14.7. The van der Waals surface area contributed by atoms with E-state index in [0.717, 1.165) is 28.0 Å². The fraction of sp³-hybridized carbons (Fsp3) is 0.250. The van der Waals surface area contributed by atoms with Crippen molar-refractivity contribution in [1.82, 2.24) is 15.0 Å². The molecule has 2 heterocycles. The van der Waals surface area contributed by atoms with Gasteiger partial charge in [-0.2, -0.15) is 0 Å². The predicted molar refractivity (Wildman–Crippen MR) is 124 cm³/mol. The highest BCUT2D eigenvalue weighted by Crippen LogP contribution is 2.26. The first kappa shape index (κ1) is 23.1. The van der Waals surface area contributed by atoms with Crippen LogP contribution in [0.3, 0.4) is 0 Å². The summed E-state index contributed by atoms with van der Waals surface area (Å²) in [5.74, 6) is -0.328. The zero-order valence-electron chi connectivity index (χ0n) is 17.0. The molecule has 0 saturated heterocycles. The number of nitrogens with one attached hydrogen (secondary N) is 3. The van der Waals surface area contributed by atoms with Crippen LogP contribution in [0.5, 0.6) is 0 Å². The SMILES string of the molecule is CC(=O)NCc1ccc(-c2csc(NC(=O)c3ccc(CCNS(C)(=O)=O)s3)n2)cc1. The van der Waals surface area contributed by atoms with Gasteiger partial charge in [0.25, 0.3) is 5.91 Å². The molecule has 3 aromatic rings. The van der Waals surface area contributed by atoms with Crippen LogP contribution in [0, 0.1) is 0 Å². The van der Waals surface area contributed by atoms with Crippen LogP contribution in [0.25, 0.3) is 11.3 Å². The minimum absolute atomic E-state index is 0.0765. The van der Waals surface area contributed by atoms with E-state index >= 15 is 0 Å². The first-order valence-electron chi connectivity index (χ1n) is 9.33. The van der Waals surface area contributed by atoms with Crippen LogP contribution in [0.1, 0.15) is 27.0 Å². The Hall–Kier alpha value is -2.60. The van der Waals surface area contributed by atoms with Crippen molar-refractivity contribution in [2.75, 3.05) is 18.1 Å². The second-order valence-corrected chi connectivity index (χ2v) is 10.6. The number of thiophene rings is 1. The lowest BCUT2D eigenvalue weighted by Gasteiger charge is -2.03. The standard InChI is InChI=1S/C20H22N4O4S3/c1-13(25)21-11-14-3-5-15(6-4-14)17-12-29-20(23-17)24-19(26)18-8-7-16(30-18)9-10-22-31(2,27)28/h3-8,12,22H,9-11H2,1-2H3,(H,21,25)(H,23,24,26). The van der Waals surface area contributed by atoms with Crippen LogP contribution in [-0.4, -0.2) is 38.0 Å². The lowest BCUT2D eigenvalue weighted by molar-refractivity contribution is -0.119. The van der Waals surface area contributed by atoms with Crippen molar-refractivity contribution < 1.29 is 18.0 Å². The second-order valence-electron chi connectivity index (χ2n) is 6.78. The molecule has 0 aliphatic heterocycles. The van der Waals surface area contributed by atoms with E-state index in [1.807, 2.05) is 35.7 Å². The minimum atomic E-state index is -3.22. The van der Waals surface area contributed by atoms with Gasteiger partial charge in [-0.3, -0.25) is 14.9 Å². The van der Waals surface area contributed by atoms with Crippen LogP contribution >= 0.6 is 22.7 Å². The van der Waals surface area contributed by atoms with E-state index in [2.05, 4.69) is 20.3 Å². The Labute approximate surface area is 188 Å². The summed E-state index contributed by atoms with van der Waals surface area (Å²) in [5, 5.41) is 7.93. The fourth-order valence-electron chi connectivity index (χ4n) is 2.64. The fourth-order valence-corrected chi connectivity index (χ4v) is 4.73. The molecule has 2 amide bonds. The molecule has 0 unspecified atom stereocenters. The molecule has 0 aliphatic rings. The number of carbonyl (C=O) groups excluding carboxylic acids is 2. The monoisotopic (exact) mass is 478 g/mol. The van der Waals surface area contributed by atoms with Crippen LogP contribution in [0.15, 0.2) is 41.8 Å². The molecule has 0 aliphatic carbocycles. The van der Waals surface area contributed by atoms with Gasteiger partial charge < -0.3 is 5.32 Å². The van der Waals surface area contributed by atoms with Gasteiger partial charge >= 0.3 is 0 Å². The van der Waals surface area contributed by atoms with E-state index in [-0.39, 0.29) is 11.8 Å². The molecule has 31 heavy (non-hydrogen) atoms. The molecule has 11 heteroatoms. The number of nitrogens with zero attached hydrogens (tertiary/aromatic N) is 1. The molecule has 3 N–H and O–H groups in total. The Morgan fingerprint density at radius 3 is 2.52 bits per heavy atom. The number of carbonyl (C=O) groups is 2. The van der Waals surface area contributed by atoms with Gasteiger partial charge in [0.1, 0.15) is 0 Å². The number of hydrogen-bond acceptors (Lipinski definition) is 7. The van der Waals surface area contributed by atoms with E-state index < -0.39 is 10.0 Å². The predicted octanol–water partition coefficient (Wildman–Crippen LogP) is 2.85. The second kappa shape index (κ2) is 10.1. The molecule has 1 aromatic carbocycles. The molecular formula is C20H22N4O4S3. The summed E-state index contributed by atoms with van der Waals surface area (Å²) in [4.78, 5) is 29.4. The normalized spacial score (nSPS) is 11.3. The van der Waals surface area contributed by atoms with Gasteiger partial charge in [0.05, 0.1) is 16.8 Å². The third kappa shape index (κ3) is 7.24. The van der Waals surface area contributed by atoms with E-state index in [4.69, 9.17) is 0 Å². The highest BCUT2D eigenvalue weighted by molar-refractivity contribution is 7.88. The smallest absolute Gasteiger partial charge is 0.267 e. The number of anilines is 1. The molecule has 0 atom stereocenters. The van der Waals surface area contributed by atoms with Gasteiger partial charge in [-0.1, -0.05) is 24.3 Å². The summed E-state index contributed by atoms with van der Waals surface area (Å²) in [6.45, 7) is 2.24. The minimum Gasteiger partial charge on any atom is -0.352 e. The van der Waals surface area contributed by atoms with Crippen LogP contribution in [0.2, 0.25) is 0 Å². The van der Waals surface area contributed by atoms with E-state index in [1.54, 1.807) is 6.07 Å². The van der Waals surface area contributed by atoms with Crippen molar-refractivity contribution in [3.05, 3.63) is 57.1 Å². The highest BCUT2D eigenvalue weighted by atomic mass is 32.2. The number of benzene rings is 1. The average Bonchev–Trinajstić information content (AvgIpc) is 3.35. The van der Waals surface area contributed by atoms with Gasteiger partial charge in [-0.05, 0) is 24.1 Å². The third-order valence-corrected chi connectivity index (χ3v) is 6.77. The highest BCUT2D eigenvalue weighted by Gasteiger charge is 2.13. The number of amides is 2. The van der Waals surface area contributed by atoms with Gasteiger partial charge in [-0.25, -0.2) is 18.1 Å². The topological polar surface area (TPSA) is 117 Å². The quantitative estimate of drug-likeness (QED) is 0.437. The van der Waals surface area contributed by atoms with Crippen LogP contribution < -0.4 is 15.4 Å². The summed E-state index contributed by atoms with van der Waals surface area (Å²) in [5.41, 5.74) is 2.66. The van der Waals surface area contributed by atoms with Crippen molar-refractivity contribution in [3.8, 4) is 11.3 Å². The van der Waals surface area contributed by atoms with Crippen molar-refractivity contribution in [2.24, 2.45) is 0 Å². The van der Waals surface area contributed by atoms with E-state index in [9.17, 15) is 18.0 Å². The van der Waals surface area contributed by atoms with Gasteiger partial charge in [-0.15, -0.1) is 22.7 Å². The molecule has 0 saturated carbocycles. The molecular weight excluding hydrogens is 456 g/mol. The largest absolute Gasteiger partial charge is 0.352 e. The maximum absolute atomic E-state index is 12.5. The number of aromatic nitrogens is 1. The zero-order chi connectivity index (χ0) is 22.4. The maximum Gasteiger partial charge on any atom is 0.267 e. The summed E-state index contributed by atoms with van der Waals surface area (Å²) >= 11 is 2.66. The van der Waals surface area contributed by atoms with E-state index in [0.29, 0.717) is 29.5 Å². The Morgan fingerprint density at radius 2 is 1.84 bits per heavy atom.